The largest absolute Gasteiger partial charge is 0.354 e. The standard InChI is InChI=1S/C13H18FN3/c1-2-3-4-7-12-15-10-11(14)13(16-12)17-8-5-6-9-17/h4,7,10H,2-3,5-6,8-9H2,1H3. The molecule has 2 heterocycles. The van der Waals surface area contributed by atoms with Gasteiger partial charge in [0.25, 0.3) is 0 Å². The zero-order chi connectivity index (χ0) is 12.1. The number of aromatic nitrogens is 2. The van der Waals surface area contributed by atoms with Gasteiger partial charge in [-0.05, 0) is 25.3 Å². The van der Waals surface area contributed by atoms with E-state index in [2.05, 4.69) is 16.9 Å². The van der Waals surface area contributed by atoms with Crippen LogP contribution in [0.15, 0.2) is 12.3 Å². The minimum absolute atomic E-state index is 0.320. The average molecular weight is 235 g/mol. The average Bonchev–Trinajstić information content (AvgIpc) is 2.85. The maximum absolute atomic E-state index is 13.6. The highest BCUT2D eigenvalue weighted by atomic mass is 19.1. The molecule has 0 bridgehead atoms. The Morgan fingerprint density at radius 3 is 2.88 bits per heavy atom. The van der Waals surface area contributed by atoms with Crippen LogP contribution in [0.3, 0.4) is 0 Å². The van der Waals surface area contributed by atoms with Crippen LogP contribution in [0.2, 0.25) is 0 Å². The summed E-state index contributed by atoms with van der Waals surface area (Å²) in [5, 5.41) is 0. The normalized spacial score (nSPS) is 16.0. The Labute approximate surface area is 101 Å². The van der Waals surface area contributed by atoms with E-state index < -0.39 is 0 Å². The van der Waals surface area contributed by atoms with Crippen molar-refractivity contribution in [1.82, 2.24) is 9.97 Å². The summed E-state index contributed by atoms with van der Waals surface area (Å²) >= 11 is 0. The Morgan fingerprint density at radius 2 is 2.18 bits per heavy atom. The van der Waals surface area contributed by atoms with E-state index in [0.29, 0.717) is 11.6 Å². The molecule has 1 saturated heterocycles. The van der Waals surface area contributed by atoms with Gasteiger partial charge in [-0.3, -0.25) is 0 Å². The van der Waals surface area contributed by atoms with E-state index in [9.17, 15) is 4.39 Å². The van der Waals surface area contributed by atoms with Crippen molar-refractivity contribution in [2.45, 2.75) is 32.6 Å². The molecule has 4 heteroatoms. The maximum Gasteiger partial charge on any atom is 0.183 e. The lowest BCUT2D eigenvalue weighted by Gasteiger charge is -2.16. The van der Waals surface area contributed by atoms with E-state index in [1.54, 1.807) is 0 Å². The second-order valence-electron chi connectivity index (χ2n) is 4.28. The van der Waals surface area contributed by atoms with Gasteiger partial charge in [-0.1, -0.05) is 19.4 Å². The molecule has 92 valence electrons. The summed E-state index contributed by atoms with van der Waals surface area (Å²) < 4.78 is 13.6. The minimum Gasteiger partial charge on any atom is -0.354 e. The van der Waals surface area contributed by atoms with Crippen molar-refractivity contribution in [3.05, 3.63) is 23.9 Å². The number of hydrogen-bond donors (Lipinski definition) is 0. The molecule has 1 aliphatic heterocycles. The molecular weight excluding hydrogens is 217 g/mol. The Bertz CT molecular complexity index is 398. The molecule has 0 saturated carbocycles. The SMILES string of the molecule is CCCC=Cc1ncc(F)c(N2CCCC2)n1. The van der Waals surface area contributed by atoms with Gasteiger partial charge in [0.05, 0.1) is 6.20 Å². The maximum atomic E-state index is 13.6. The lowest BCUT2D eigenvalue weighted by atomic mass is 10.3. The predicted molar refractivity (Wildman–Crippen MR) is 67.4 cm³/mol. The molecule has 3 nitrogen and oxygen atoms in total. The van der Waals surface area contributed by atoms with Crippen molar-refractivity contribution in [2.24, 2.45) is 0 Å². The van der Waals surface area contributed by atoms with Gasteiger partial charge in [0.2, 0.25) is 0 Å². The minimum atomic E-state index is -0.320. The topological polar surface area (TPSA) is 29.0 Å². The molecule has 0 amide bonds. The highest BCUT2D eigenvalue weighted by Crippen LogP contribution is 2.20. The lowest BCUT2D eigenvalue weighted by Crippen LogP contribution is -2.21. The number of allylic oxidation sites excluding steroid dienone is 1. The van der Waals surface area contributed by atoms with Gasteiger partial charge < -0.3 is 4.90 Å². The third-order valence-electron chi connectivity index (χ3n) is 2.87. The Morgan fingerprint density at radius 1 is 1.41 bits per heavy atom. The predicted octanol–water partition coefficient (Wildman–Crippen LogP) is 3.03. The van der Waals surface area contributed by atoms with E-state index in [1.807, 2.05) is 17.1 Å². The molecule has 1 aromatic heterocycles. The fraction of sp³-hybridized carbons (Fsp3) is 0.538. The third-order valence-corrected chi connectivity index (χ3v) is 2.87. The van der Waals surface area contributed by atoms with Crippen molar-refractivity contribution in [1.29, 1.82) is 0 Å². The van der Waals surface area contributed by atoms with Crippen LogP contribution < -0.4 is 4.90 Å². The van der Waals surface area contributed by atoms with Gasteiger partial charge >= 0.3 is 0 Å². The van der Waals surface area contributed by atoms with Crippen LogP contribution in [0.5, 0.6) is 0 Å². The molecule has 0 N–H and O–H groups in total. The van der Waals surface area contributed by atoms with Crippen molar-refractivity contribution >= 4 is 11.9 Å². The number of hydrogen-bond acceptors (Lipinski definition) is 3. The molecule has 1 aromatic rings. The van der Waals surface area contributed by atoms with Gasteiger partial charge in [-0.15, -0.1) is 0 Å². The second kappa shape index (κ2) is 5.75. The summed E-state index contributed by atoms with van der Waals surface area (Å²) in [5.41, 5.74) is 0. The number of nitrogens with zero attached hydrogens (tertiary/aromatic N) is 3. The van der Waals surface area contributed by atoms with Gasteiger partial charge in [0.1, 0.15) is 0 Å². The van der Waals surface area contributed by atoms with Crippen LogP contribution >= 0.6 is 0 Å². The summed E-state index contributed by atoms with van der Waals surface area (Å²) in [5.74, 6) is 0.731. The van der Waals surface area contributed by atoms with Crippen LogP contribution in [0.1, 0.15) is 38.4 Å². The summed E-state index contributed by atoms with van der Waals surface area (Å²) in [7, 11) is 0. The Hall–Kier alpha value is -1.45. The first-order chi connectivity index (χ1) is 8.31. The number of halogens is 1. The quantitative estimate of drug-likeness (QED) is 0.803. The van der Waals surface area contributed by atoms with Crippen molar-refractivity contribution in [3.8, 4) is 0 Å². The van der Waals surface area contributed by atoms with Crippen LogP contribution in [0.4, 0.5) is 10.2 Å². The molecule has 2 rings (SSSR count). The van der Waals surface area contributed by atoms with Crippen LogP contribution in [0.25, 0.3) is 6.08 Å². The zero-order valence-corrected chi connectivity index (χ0v) is 10.2. The molecule has 0 aliphatic carbocycles. The van der Waals surface area contributed by atoms with Crippen molar-refractivity contribution < 1.29 is 4.39 Å². The number of anilines is 1. The van der Waals surface area contributed by atoms with Crippen LogP contribution in [0, 0.1) is 5.82 Å². The monoisotopic (exact) mass is 235 g/mol. The van der Waals surface area contributed by atoms with E-state index in [-0.39, 0.29) is 5.82 Å². The smallest absolute Gasteiger partial charge is 0.183 e. The first-order valence-corrected chi connectivity index (χ1v) is 6.25. The molecule has 17 heavy (non-hydrogen) atoms. The molecule has 1 aliphatic rings. The van der Waals surface area contributed by atoms with Gasteiger partial charge in [-0.25, -0.2) is 14.4 Å². The highest BCUT2D eigenvalue weighted by molar-refractivity contribution is 5.47. The van der Waals surface area contributed by atoms with Crippen molar-refractivity contribution in [2.75, 3.05) is 18.0 Å². The highest BCUT2D eigenvalue weighted by Gasteiger charge is 2.17. The van der Waals surface area contributed by atoms with Crippen LogP contribution in [-0.2, 0) is 0 Å². The molecule has 1 fully saturated rings. The third kappa shape index (κ3) is 3.02. The van der Waals surface area contributed by atoms with E-state index >= 15 is 0 Å². The second-order valence-corrected chi connectivity index (χ2v) is 4.28. The fourth-order valence-corrected chi connectivity index (χ4v) is 1.96. The van der Waals surface area contributed by atoms with E-state index in [4.69, 9.17) is 0 Å². The van der Waals surface area contributed by atoms with E-state index in [1.165, 1.54) is 6.20 Å². The summed E-state index contributed by atoms with van der Waals surface area (Å²) in [6.45, 7) is 3.91. The van der Waals surface area contributed by atoms with Gasteiger partial charge in [0.15, 0.2) is 17.5 Å². The molecule has 0 unspecified atom stereocenters. The first kappa shape index (κ1) is 12.0. The molecule has 0 radical (unpaired) electrons. The fourth-order valence-electron chi connectivity index (χ4n) is 1.96. The van der Waals surface area contributed by atoms with Gasteiger partial charge in [-0.2, -0.15) is 0 Å². The molecule has 0 spiro atoms. The van der Waals surface area contributed by atoms with Crippen LogP contribution in [-0.4, -0.2) is 23.1 Å². The number of unbranched alkanes of at least 4 members (excludes halogenated alkanes) is 1. The molecular formula is C13H18FN3. The summed E-state index contributed by atoms with van der Waals surface area (Å²) in [6, 6.07) is 0. The van der Waals surface area contributed by atoms with E-state index in [0.717, 1.165) is 38.8 Å². The Balaban J connectivity index is 2.16. The first-order valence-electron chi connectivity index (χ1n) is 6.25. The van der Waals surface area contributed by atoms with Crippen molar-refractivity contribution in [3.63, 3.8) is 0 Å². The molecule has 0 atom stereocenters. The molecule has 0 aromatic carbocycles. The summed E-state index contributed by atoms with van der Waals surface area (Å²) in [4.78, 5) is 10.3. The number of rotatable bonds is 4. The Kier molecular flexibility index (Phi) is 4.07. The summed E-state index contributed by atoms with van der Waals surface area (Å²) in [6.07, 6.45) is 9.49. The van der Waals surface area contributed by atoms with Gasteiger partial charge in [0, 0.05) is 13.1 Å². The lowest BCUT2D eigenvalue weighted by molar-refractivity contribution is 0.607. The zero-order valence-electron chi connectivity index (χ0n) is 10.2.